The van der Waals surface area contributed by atoms with Crippen LogP contribution in [0.15, 0.2) is 198 Å². The molecule has 2 nitrogen and oxygen atoms in total. The number of hydrogen-bond acceptors (Lipinski definition) is 2. The van der Waals surface area contributed by atoms with E-state index in [9.17, 15) is 0 Å². The molecule has 0 amide bonds. The molecule has 1 atom stereocenters. The fourth-order valence-corrected chi connectivity index (χ4v) is 8.16. The first-order valence-electron chi connectivity index (χ1n) is 20.1. The van der Waals surface area contributed by atoms with Crippen LogP contribution in [0.3, 0.4) is 0 Å². The molecule has 0 heterocycles. The Morgan fingerprint density at radius 2 is 1.49 bits per heavy atom. The summed E-state index contributed by atoms with van der Waals surface area (Å²) in [7, 11) is 0. The smallest absolute Gasteiger partial charge is 0.0513 e. The van der Waals surface area contributed by atoms with Gasteiger partial charge in [-0.25, -0.2) is 0 Å². The van der Waals surface area contributed by atoms with Crippen LogP contribution in [0, 0.1) is 0 Å². The van der Waals surface area contributed by atoms with E-state index in [4.69, 9.17) is 5.73 Å². The molecule has 3 aliphatic carbocycles. The maximum absolute atomic E-state index is 6.62. The molecular weight excluding hydrogens is 665 g/mol. The van der Waals surface area contributed by atoms with Crippen molar-refractivity contribution in [3.63, 3.8) is 0 Å². The van der Waals surface area contributed by atoms with E-state index < -0.39 is 0 Å². The quantitative estimate of drug-likeness (QED) is 0.135. The van der Waals surface area contributed by atoms with Gasteiger partial charge in [0, 0.05) is 17.5 Å². The van der Waals surface area contributed by atoms with E-state index in [2.05, 4.69) is 177 Å². The van der Waals surface area contributed by atoms with Gasteiger partial charge in [0.05, 0.1) is 6.04 Å². The highest BCUT2D eigenvalue weighted by Crippen LogP contribution is 2.41. The number of nitrogens with one attached hydrogen (secondary N) is 1. The van der Waals surface area contributed by atoms with Crippen molar-refractivity contribution in [3.8, 4) is 11.1 Å². The van der Waals surface area contributed by atoms with E-state index in [1.807, 2.05) is 6.20 Å². The van der Waals surface area contributed by atoms with Crippen molar-refractivity contribution in [3.05, 3.63) is 215 Å². The number of rotatable bonds is 13. The molecule has 0 aliphatic heterocycles. The van der Waals surface area contributed by atoms with Gasteiger partial charge in [-0.05, 0) is 130 Å². The average molecular weight is 719 g/mol. The van der Waals surface area contributed by atoms with Crippen molar-refractivity contribution in [2.24, 2.45) is 5.73 Å². The van der Waals surface area contributed by atoms with E-state index in [1.165, 1.54) is 55.3 Å². The van der Waals surface area contributed by atoms with Gasteiger partial charge in [-0.1, -0.05) is 166 Å². The van der Waals surface area contributed by atoms with Gasteiger partial charge in [-0.15, -0.1) is 0 Å². The van der Waals surface area contributed by atoms with Crippen molar-refractivity contribution >= 4 is 21.9 Å². The lowest BCUT2D eigenvalue weighted by Gasteiger charge is -2.25. The number of fused-ring (bicyclic) bond motifs is 1. The standard InChI is InChI=1S/C53H54N2/c1-4-19-51(55-52(43-24-13-7-14-25-43)36-38(2)40-20-9-5-10-21-40)44-32-30-42(31-33-44)46-34-35-49(48-29-18-17-28-47(46)48)50(37-54)53(45-26-15-8-16-27-45)39(3)41-22-11-6-12-23-41/h5,7,9-11,13,15,17-18,20-24,26-37,51,55H,2,4,6,8,12,14,16,19,25,54H2,1,3H3/b50-37-,52-36-,53-39+. The predicted octanol–water partition coefficient (Wildman–Crippen LogP) is 14.0. The van der Waals surface area contributed by atoms with Crippen LogP contribution in [0.1, 0.15) is 87.9 Å². The Bertz CT molecular complexity index is 2310. The van der Waals surface area contributed by atoms with E-state index in [0.717, 1.165) is 79.3 Å². The molecule has 3 N–H and O–H groups in total. The average Bonchev–Trinajstić information content (AvgIpc) is 3.26. The number of hydrogen-bond donors (Lipinski definition) is 2. The molecule has 0 fully saturated rings. The largest absolute Gasteiger partial charge is 0.404 e. The molecule has 0 saturated carbocycles. The highest BCUT2D eigenvalue weighted by atomic mass is 14.9. The first-order valence-corrected chi connectivity index (χ1v) is 20.1. The molecule has 0 saturated heterocycles. The monoisotopic (exact) mass is 718 g/mol. The third-order valence-electron chi connectivity index (χ3n) is 11.1. The van der Waals surface area contributed by atoms with Gasteiger partial charge in [0.1, 0.15) is 0 Å². The zero-order valence-corrected chi connectivity index (χ0v) is 32.5. The molecule has 3 aliphatic rings. The van der Waals surface area contributed by atoms with Crippen LogP contribution in [0.2, 0.25) is 0 Å². The van der Waals surface area contributed by atoms with E-state index in [1.54, 1.807) is 0 Å². The van der Waals surface area contributed by atoms with E-state index in [-0.39, 0.29) is 6.04 Å². The Kier molecular flexibility index (Phi) is 12.2. The minimum Gasteiger partial charge on any atom is -0.404 e. The van der Waals surface area contributed by atoms with Crippen molar-refractivity contribution in [1.29, 1.82) is 0 Å². The fraction of sp³-hybridized carbons (Fsp3) is 0.208. The summed E-state index contributed by atoms with van der Waals surface area (Å²) in [5.41, 5.74) is 22.2. The number of nitrogens with two attached hydrogens (primary N) is 1. The molecular formula is C53H54N2. The van der Waals surface area contributed by atoms with Crippen LogP contribution in [0.25, 0.3) is 33.0 Å². The Hall–Kier alpha value is -5.86. The number of benzene rings is 4. The summed E-state index contributed by atoms with van der Waals surface area (Å²) in [6.07, 6.45) is 33.0. The molecule has 7 rings (SSSR count). The molecule has 276 valence electrons. The topological polar surface area (TPSA) is 38.0 Å². The van der Waals surface area contributed by atoms with Crippen LogP contribution >= 0.6 is 0 Å². The Morgan fingerprint density at radius 3 is 2.15 bits per heavy atom. The highest BCUT2D eigenvalue weighted by Gasteiger charge is 2.21. The molecule has 1 unspecified atom stereocenters. The van der Waals surface area contributed by atoms with Crippen LogP contribution in [0.5, 0.6) is 0 Å². The summed E-state index contributed by atoms with van der Waals surface area (Å²) < 4.78 is 0. The molecule has 0 aromatic heterocycles. The minimum atomic E-state index is 0.169. The lowest BCUT2D eigenvalue weighted by atomic mass is 9.82. The van der Waals surface area contributed by atoms with E-state index in [0.29, 0.717) is 0 Å². The van der Waals surface area contributed by atoms with Crippen molar-refractivity contribution in [1.82, 2.24) is 5.32 Å². The van der Waals surface area contributed by atoms with Crippen LogP contribution < -0.4 is 11.1 Å². The van der Waals surface area contributed by atoms with Crippen molar-refractivity contribution in [2.45, 2.75) is 71.3 Å². The third kappa shape index (κ3) is 8.60. The van der Waals surface area contributed by atoms with Crippen molar-refractivity contribution in [2.75, 3.05) is 0 Å². The molecule has 4 aromatic rings. The predicted molar refractivity (Wildman–Crippen MR) is 238 cm³/mol. The lowest BCUT2D eigenvalue weighted by Crippen LogP contribution is -2.22. The van der Waals surface area contributed by atoms with Gasteiger partial charge in [-0.3, -0.25) is 0 Å². The maximum Gasteiger partial charge on any atom is 0.0513 e. The molecule has 0 bridgehead atoms. The van der Waals surface area contributed by atoms with Gasteiger partial charge < -0.3 is 11.1 Å². The van der Waals surface area contributed by atoms with Gasteiger partial charge >= 0.3 is 0 Å². The van der Waals surface area contributed by atoms with Crippen LogP contribution in [-0.2, 0) is 0 Å². The fourth-order valence-electron chi connectivity index (χ4n) is 8.16. The lowest BCUT2D eigenvalue weighted by molar-refractivity contribution is 0.545. The molecule has 0 radical (unpaired) electrons. The summed E-state index contributed by atoms with van der Waals surface area (Å²) >= 11 is 0. The second-order valence-electron chi connectivity index (χ2n) is 14.8. The molecule has 2 heteroatoms. The Balaban J connectivity index is 1.23. The van der Waals surface area contributed by atoms with Crippen LogP contribution in [0.4, 0.5) is 0 Å². The SMILES string of the molecule is C=C(/C=C(\NC(CCC)c1ccc(-c2ccc(C(=C/N)/C(C3=CCCC=C3)=C(\C)C3=CCCC=C3)c3ccccc23)cc1)C1=CC=CCC1)c1ccccc1. The molecule has 0 spiro atoms. The summed E-state index contributed by atoms with van der Waals surface area (Å²) in [5.74, 6) is 0. The van der Waals surface area contributed by atoms with Gasteiger partial charge in [0.15, 0.2) is 0 Å². The second kappa shape index (κ2) is 18.0. The van der Waals surface area contributed by atoms with E-state index >= 15 is 0 Å². The Morgan fingerprint density at radius 1 is 0.782 bits per heavy atom. The first-order chi connectivity index (χ1) is 27.1. The van der Waals surface area contributed by atoms with Crippen LogP contribution in [-0.4, -0.2) is 0 Å². The zero-order chi connectivity index (χ0) is 38.0. The summed E-state index contributed by atoms with van der Waals surface area (Å²) in [4.78, 5) is 0. The highest BCUT2D eigenvalue weighted by molar-refractivity contribution is 6.05. The maximum atomic E-state index is 6.62. The zero-order valence-electron chi connectivity index (χ0n) is 32.5. The third-order valence-corrected chi connectivity index (χ3v) is 11.1. The second-order valence-corrected chi connectivity index (χ2v) is 14.8. The molecule has 55 heavy (non-hydrogen) atoms. The summed E-state index contributed by atoms with van der Waals surface area (Å²) in [5, 5.41) is 6.41. The normalized spacial score (nSPS) is 16.9. The summed E-state index contributed by atoms with van der Waals surface area (Å²) in [6.45, 7) is 8.98. The first kappa shape index (κ1) is 37.5. The summed E-state index contributed by atoms with van der Waals surface area (Å²) in [6, 6.07) is 33.2. The minimum absolute atomic E-state index is 0.169. The van der Waals surface area contributed by atoms with Crippen molar-refractivity contribution < 1.29 is 0 Å². The van der Waals surface area contributed by atoms with Gasteiger partial charge in [0.2, 0.25) is 0 Å². The Labute approximate surface area is 329 Å². The number of allylic oxidation sites excluding steroid dienone is 17. The van der Waals surface area contributed by atoms with Gasteiger partial charge in [-0.2, -0.15) is 0 Å². The molecule has 4 aromatic carbocycles. The van der Waals surface area contributed by atoms with Gasteiger partial charge in [0.25, 0.3) is 0 Å².